The van der Waals surface area contributed by atoms with Gasteiger partial charge in [0.25, 0.3) is 5.91 Å². The van der Waals surface area contributed by atoms with Gasteiger partial charge in [-0.25, -0.2) is 0 Å². The zero-order valence-corrected chi connectivity index (χ0v) is 16.3. The minimum atomic E-state index is -0.424. The molecule has 0 fully saturated rings. The molecule has 0 aliphatic rings. The number of ether oxygens (including phenoxy) is 1. The SMILES string of the molecule is CC(C)COc1ccc(/C=C(\C#N)C(=O)Nc2ccccc2I)cc1. The van der Waals surface area contributed by atoms with Gasteiger partial charge in [-0.1, -0.05) is 38.1 Å². The van der Waals surface area contributed by atoms with Crippen LogP contribution in [-0.4, -0.2) is 12.5 Å². The van der Waals surface area contributed by atoms with Gasteiger partial charge in [-0.05, 0) is 64.4 Å². The van der Waals surface area contributed by atoms with E-state index in [-0.39, 0.29) is 5.57 Å². The topological polar surface area (TPSA) is 62.1 Å². The molecule has 0 aliphatic carbocycles. The van der Waals surface area contributed by atoms with E-state index in [4.69, 9.17) is 4.74 Å². The first-order chi connectivity index (χ1) is 12.0. The molecule has 128 valence electrons. The normalized spacial score (nSPS) is 11.1. The fourth-order valence-corrected chi connectivity index (χ4v) is 2.51. The van der Waals surface area contributed by atoms with Gasteiger partial charge in [-0.3, -0.25) is 4.79 Å². The Morgan fingerprint density at radius 2 is 1.92 bits per heavy atom. The Balaban J connectivity index is 2.10. The quantitative estimate of drug-likeness (QED) is 0.391. The largest absolute Gasteiger partial charge is 0.493 e. The highest BCUT2D eigenvalue weighted by atomic mass is 127. The summed E-state index contributed by atoms with van der Waals surface area (Å²) in [6, 6.07) is 16.7. The Bertz CT molecular complexity index is 805. The van der Waals surface area contributed by atoms with Crippen LogP contribution >= 0.6 is 22.6 Å². The molecule has 0 saturated carbocycles. The Morgan fingerprint density at radius 3 is 2.52 bits per heavy atom. The minimum absolute atomic E-state index is 0.0514. The maximum Gasteiger partial charge on any atom is 0.266 e. The van der Waals surface area contributed by atoms with Gasteiger partial charge in [-0.15, -0.1) is 0 Å². The van der Waals surface area contributed by atoms with Crippen molar-refractivity contribution in [2.24, 2.45) is 5.92 Å². The highest BCUT2D eigenvalue weighted by molar-refractivity contribution is 14.1. The molecule has 0 bridgehead atoms. The van der Waals surface area contributed by atoms with Crippen molar-refractivity contribution in [1.29, 1.82) is 5.26 Å². The number of para-hydroxylation sites is 1. The summed E-state index contributed by atoms with van der Waals surface area (Å²) >= 11 is 2.14. The summed E-state index contributed by atoms with van der Waals surface area (Å²) in [7, 11) is 0. The van der Waals surface area contributed by atoms with Crippen molar-refractivity contribution in [3.63, 3.8) is 0 Å². The van der Waals surface area contributed by atoms with Crippen LogP contribution in [-0.2, 0) is 4.79 Å². The van der Waals surface area contributed by atoms with E-state index < -0.39 is 5.91 Å². The number of halogens is 1. The number of amides is 1. The lowest BCUT2D eigenvalue weighted by Gasteiger charge is -2.09. The van der Waals surface area contributed by atoms with Gasteiger partial charge in [0, 0.05) is 3.57 Å². The van der Waals surface area contributed by atoms with Gasteiger partial charge >= 0.3 is 0 Å². The van der Waals surface area contributed by atoms with Crippen LogP contribution in [0, 0.1) is 20.8 Å². The molecule has 0 atom stereocenters. The van der Waals surface area contributed by atoms with E-state index >= 15 is 0 Å². The van der Waals surface area contributed by atoms with Crippen LogP contribution in [0.3, 0.4) is 0 Å². The summed E-state index contributed by atoms with van der Waals surface area (Å²) < 4.78 is 6.54. The number of benzene rings is 2. The van der Waals surface area contributed by atoms with Crippen LogP contribution < -0.4 is 10.1 Å². The monoisotopic (exact) mass is 446 g/mol. The van der Waals surface area contributed by atoms with Crippen LogP contribution in [0.25, 0.3) is 6.08 Å². The highest BCUT2D eigenvalue weighted by Gasteiger charge is 2.11. The Hall–Kier alpha value is -2.33. The van der Waals surface area contributed by atoms with E-state index in [1.165, 1.54) is 0 Å². The van der Waals surface area contributed by atoms with Crippen LogP contribution in [0.4, 0.5) is 5.69 Å². The lowest BCUT2D eigenvalue weighted by molar-refractivity contribution is -0.112. The van der Waals surface area contributed by atoms with Crippen molar-refractivity contribution in [3.8, 4) is 11.8 Å². The standard InChI is InChI=1S/C20H19IN2O2/c1-14(2)13-25-17-9-7-15(8-10-17)11-16(12-22)20(24)23-19-6-4-3-5-18(19)21/h3-11,14H,13H2,1-2H3,(H,23,24)/b16-11+. The number of nitriles is 1. The Kier molecular flexibility index (Phi) is 7.02. The number of nitrogens with one attached hydrogen (secondary N) is 1. The van der Waals surface area contributed by atoms with E-state index in [9.17, 15) is 10.1 Å². The van der Waals surface area contributed by atoms with Crippen molar-refractivity contribution in [3.05, 3.63) is 63.2 Å². The summed E-state index contributed by atoms with van der Waals surface area (Å²) in [5.74, 6) is 0.800. The molecule has 4 nitrogen and oxygen atoms in total. The molecule has 1 N–H and O–H groups in total. The van der Waals surface area contributed by atoms with Gasteiger partial charge < -0.3 is 10.1 Å². The number of hydrogen-bond acceptors (Lipinski definition) is 3. The number of rotatable bonds is 6. The molecule has 0 unspecified atom stereocenters. The van der Waals surface area contributed by atoms with E-state index in [0.29, 0.717) is 18.2 Å². The maximum atomic E-state index is 12.3. The van der Waals surface area contributed by atoms with Crippen LogP contribution in [0.1, 0.15) is 19.4 Å². The van der Waals surface area contributed by atoms with Crippen LogP contribution in [0.15, 0.2) is 54.1 Å². The molecule has 1 amide bonds. The molecular formula is C20H19IN2O2. The molecule has 0 heterocycles. The van der Waals surface area contributed by atoms with Crippen molar-refractivity contribution in [2.75, 3.05) is 11.9 Å². The summed E-state index contributed by atoms with van der Waals surface area (Å²) in [5, 5.41) is 12.1. The Labute approximate surface area is 161 Å². The molecule has 0 aliphatic heterocycles. The van der Waals surface area contributed by atoms with Crippen molar-refractivity contribution in [1.82, 2.24) is 0 Å². The van der Waals surface area contributed by atoms with Gasteiger partial charge in [0.1, 0.15) is 17.4 Å². The maximum absolute atomic E-state index is 12.3. The zero-order chi connectivity index (χ0) is 18.2. The number of anilines is 1. The zero-order valence-electron chi connectivity index (χ0n) is 14.1. The lowest BCUT2D eigenvalue weighted by atomic mass is 10.1. The first-order valence-electron chi connectivity index (χ1n) is 7.90. The average molecular weight is 446 g/mol. The second-order valence-corrected chi connectivity index (χ2v) is 7.04. The number of hydrogen-bond donors (Lipinski definition) is 1. The third-order valence-corrected chi connectivity index (χ3v) is 4.20. The van der Waals surface area contributed by atoms with Gasteiger partial charge in [0.15, 0.2) is 0 Å². The average Bonchev–Trinajstić information content (AvgIpc) is 2.60. The van der Waals surface area contributed by atoms with Gasteiger partial charge in [-0.2, -0.15) is 5.26 Å². The van der Waals surface area contributed by atoms with Crippen molar-refractivity contribution >= 4 is 40.3 Å². The number of carbonyl (C=O) groups is 1. The van der Waals surface area contributed by atoms with Crippen LogP contribution in [0.5, 0.6) is 5.75 Å². The van der Waals surface area contributed by atoms with E-state index in [2.05, 4.69) is 41.8 Å². The molecule has 0 aromatic heterocycles. The summed E-state index contributed by atoms with van der Waals surface area (Å²) in [6.45, 7) is 4.82. The summed E-state index contributed by atoms with van der Waals surface area (Å²) in [4.78, 5) is 12.3. The molecule has 2 rings (SSSR count). The summed E-state index contributed by atoms with van der Waals surface area (Å²) in [5.41, 5.74) is 1.51. The number of nitrogens with zero attached hydrogens (tertiary/aromatic N) is 1. The number of carbonyl (C=O) groups excluding carboxylic acids is 1. The lowest BCUT2D eigenvalue weighted by Crippen LogP contribution is -2.14. The first kappa shape index (κ1) is 19.0. The molecule has 2 aromatic carbocycles. The van der Waals surface area contributed by atoms with Gasteiger partial charge in [0.2, 0.25) is 0 Å². The molecule has 5 heteroatoms. The highest BCUT2D eigenvalue weighted by Crippen LogP contribution is 2.19. The van der Waals surface area contributed by atoms with Crippen molar-refractivity contribution < 1.29 is 9.53 Å². The van der Waals surface area contributed by atoms with E-state index in [0.717, 1.165) is 14.9 Å². The third-order valence-electron chi connectivity index (χ3n) is 3.26. The molecule has 25 heavy (non-hydrogen) atoms. The molecule has 2 aromatic rings. The molecule has 0 saturated heterocycles. The first-order valence-corrected chi connectivity index (χ1v) is 8.98. The smallest absolute Gasteiger partial charge is 0.266 e. The van der Waals surface area contributed by atoms with E-state index in [1.807, 2.05) is 48.5 Å². The second-order valence-electron chi connectivity index (χ2n) is 5.88. The predicted molar refractivity (Wildman–Crippen MR) is 108 cm³/mol. The third kappa shape index (κ3) is 5.91. The minimum Gasteiger partial charge on any atom is -0.493 e. The fraction of sp³-hybridized carbons (Fsp3) is 0.200. The fourth-order valence-electron chi connectivity index (χ4n) is 1.99. The molecular weight excluding hydrogens is 427 g/mol. The van der Waals surface area contributed by atoms with Gasteiger partial charge in [0.05, 0.1) is 12.3 Å². The molecule has 0 spiro atoms. The molecule has 0 radical (unpaired) electrons. The van der Waals surface area contributed by atoms with Crippen LogP contribution in [0.2, 0.25) is 0 Å². The summed E-state index contributed by atoms with van der Waals surface area (Å²) in [6.07, 6.45) is 1.57. The van der Waals surface area contributed by atoms with Crippen molar-refractivity contribution in [2.45, 2.75) is 13.8 Å². The van der Waals surface area contributed by atoms with E-state index in [1.54, 1.807) is 12.1 Å². The predicted octanol–water partition coefficient (Wildman–Crippen LogP) is 4.87. The Morgan fingerprint density at radius 1 is 1.24 bits per heavy atom. The second kappa shape index (κ2) is 9.23.